The monoisotopic (exact) mass is 444 g/mol. The third-order valence-corrected chi connectivity index (χ3v) is 5.65. The number of benzene rings is 2. The lowest BCUT2D eigenvalue weighted by molar-refractivity contribution is -0.143. The van der Waals surface area contributed by atoms with Crippen LogP contribution in [-0.2, 0) is 16.1 Å². The van der Waals surface area contributed by atoms with Gasteiger partial charge < -0.3 is 23.5 Å². The van der Waals surface area contributed by atoms with E-state index in [1.165, 1.54) is 32.7 Å². The van der Waals surface area contributed by atoms with Gasteiger partial charge in [-0.15, -0.1) is 0 Å². The van der Waals surface area contributed by atoms with Crippen LogP contribution in [0.15, 0.2) is 35.3 Å². The summed E-state index contributed by atoms with van der Waals surface area (Å²) in [6.07, 6.45) is 0. The third kappa shape index (κ3) is 4.56. The van der Waals surface area contributed by atoms with Gasteiger partial charge in [-0.05, 0) is 37.6 Å². The Morgan fingerprint density at radius 3 is 2.32 bits per heavy atom. The number of amides is 1. The molecule has 164 valence electrons. The maximum Gasteiger partial charge on any atom is 0.326 e. The Labute approximate surface area is 183 Å². The third-order valence-electron chi connectivity index (χ3n) is 4.60. The minimum absolute atomic E-state index is 0.0416. The van der Waals surface area contributed by atoms with E-state index in [0.29, 0.717) is 22.0 Å². The topological polar surface area (TPSA) is 88.4 Å². The van der Waals surface area contributed by atoms with Crippen LogP contribution in [0.4, 0.5) is 0 Å². The van der Waals surface area contributed by atoms with E-state index in [1.54, 1.807) is 23.6 Å². The lowest BCUT2D eigenvalue weighted by Gasteiger charge is -2.12. The van der Waals surface area contributed by atoms with E-state index in [-0.39, 0.29) is 18.7 Å². The maximum atomic E-state index is 13.0. The van der Waals surface area contributed by atoms with Crippen molar-refractivity contribution in [2.24, 2.45) is 4.99 Å². The molecule has 0 radical (unpaired) electrons. The van der Waals surface area contributed by atoms with E-state index in [0.717, 1.165) is 15.8 Å². The number of carbonyl (C=O) groups excluding carboxylic acids is 2. The number of esters is 1. The van der Waals surface area contributed by atoms with E-state index < -0.39 is 11.9 Å². The molecule has 31 heavy (non-hydrogen) atoms. The van der Waals surface area contributed by atoms with Gasteiger partial charge in [-0.25, -0.2) is 0 Å². The normalized spacial score (nSPS) is 11.5. The Bertz CT molecular complexity index is 1170. The number of nitrogens with zero attached hydrogens (tertiary/aromatic N) is 2. The molecule has 9 heteroatoms. The van der Waals surface area contributed by atoms with Crippen LogP contribution in [0.25, 0.3) is 10.2 Å². The van der Waals surface area contributed by atoms with Crippen LogP contribution in [-0.4, -0.2) is 44.4 Å². The van der Waals surface area contributed by atoms with Crippen LogP contribution in [0.1, 0.15) is 22.8 Å². The second kappa shape index (κ2) is 9.65. The van der Waals surface area contributed by atoms with Gasteiger partial charge in [0.2, 0.25) is 5.75 Å². The lowest BCUT2D eigenvalue weighted by atomic mass is 10.1. The zero-order valence-electron chi connectivity index (χ0n) is 18.1. The van der Waals surface area contributed by atoms with Crippen molar-refractivity contribution < 1.29 is 28.5 Å². The minimum atomic E-state index is -0.499. The molecule has 2 aromatic carbocycles. The van der Waals surface area contributed by atoms with Crippen molar-refractivity contribution in [2.75, 3.05) is 27.9 Å². The van der Waals surface area contributed by atoms with Crippen molar-refractivity contribution in [3.63, 3.8) is 0 Å². The van der Waals surface area contributed by atoms with Crippen LogP contribution in [0.3, 0.4) is 0 Å². The van der Waals surface area contributed by atoms with E-state index in [1.807, 2.05) is 25.1 Å². The van der Waals surface area contributed by atoms with Crippen molar-refractivity contribution in [3.05, 3.63) is 46.3 Å². The van der Waals surface area contributed by atoms with Crippen molar-refractivity contribution in [1.82, 2.24) is 4.57 Å². The highest BCUT2D eigenvalue weighted by Crippen LogP contribution is 2.38. The largest absolute Gasteiger partial charge is 0.493 e. The molecule has 1 amide bonds. The molecule has 0 saturated heterocycles. The highest BCUT2D eigenvalue weighted by molar-refractivity contribution is 7.16. The molecule has 3 aromatic rings. The first-order valence-electron chi connectivity index (χ1n) is 9.57. The molecule has 0 saturated carbocycles. The molecular weight excluding hydrogens is 420 g/mol. The minimum Gasteiger partial charge on any atom is -0.493 e. The zero-order valence-corrected chi connectivity index (χ0v) is 18.9. The predicted octanol–water partition coefficient (Wildman–Crippen LogP) is 3.34. The SMILES string of the molecule is CCOC(=O)Cn1c(=NC(=O)c2cc(OC)c(OC)c(OC)c2)sc2cccc(C)c21. The molecule has 1 heterocycles. The Morgan fingerprint density at radius 1 is 1.06 bits per heavy atom. The van der Waals surface area contributed by atoms with Crippen LogP contribution in [0, 0.1) is 6.92 Å². The smallest absolute Gasteiger partial charge is 0.326 e. The van der Waals surface area contributed by atoms with Gasteiger partial charge in [0.15, 0.2) is 16.3 Å². The van der Waals surface area contributed by atoms with Crippen molar-refractivity contribution in [1.29, 1.82) is 0 Å². The Morgan fingerprint density at radius 2 is 1.74 bits per heavy atom. The fourth-order valence-corrected chi connectivity index (χ4v) is 4.34. The second-order valence-electron chi connectivity index (χ2n) is 6.53. The summed E-state index contributed by atoms with van der Waals surface area (Å²) in [5, 5.41) is 0. The molecule has 0 N–H and O–H groups in total. The van der Waals surface area contributed by atoms with E-state index in [4.69, 9.17) is 18.9 Å². The average Bonchev–Trinajstić information content (AvgIpc) is 3.10. The van der Waals surface area contributed by atoms with Gasteiger partial charge in [0.1, 0.15) is 6.54 Å². The van der Waals surface area contributed by atoms with Gasteiger partial charge in [0, 0.05) is 5.56 Å². The summed E-state index contributed by atoms with van der Waals surface area (Å²) in [7, 11) is 4.44. The summed E-state index contributed by atoms with van der Waals surface area (Å²) >= 11 is 1.33. The number of fused-ring (bicyclic) bond motifs is 1. The van der Waals surface area contributed by atoms with Gasteiger partial charge in [0.25, 0.3) is 5.91 Å². The van der Waals surface area contributed by atoms with Crippen LogP contribution < -0.4 is 19.0 Å². The Hall–Kier alpha value is -3.33. The molecule has 0 fully saturated rings. The van der Waals surface area contributed by atoms with Crippen molar-refractivity contribution in [2.45, 2.75) is 20.4 Å². The predicted molar refractivity (Wildman–Crippen MR) is 117 cm³/mol. The first-order valence-corrected chi connectivity index (χ1v) is 10.4. The van der Waals surface area contributed by atoms with E-state index in [9.17, 15) is 9.59 Å². The van der Waals surface area contributed by atoms with Gasteiger partial charge >= 0.3 is 5.97 Å². The molecule has 0 aliphatic carbocycles. The Kier molecular flexibility index (Phi) is 6.96. The molecule has 0 atom stereocenters. The summed E-state index contributed by atoms with van der Waals surface area (Å²) in [5.74, 6) is 0.198. The van der Waals surface area contributed by atoms with Gasteiger partial charge in [-0.2, -0.15) is 4.99 Å². The number of aryl methyl sites for hydroxylation is 1. The summed E-state index contributed by atoms with van der Waals surface area (Å²) < 4.78 is 23.7. The molecule has 0 aliphatic heterocycles. The van der Waals surface area contributed by atoms with Crippen molar-refractivity contribution in [3.8, 4) is 17.2 Å². The number of rotatable bonds is 7. The Balaban J connectivity index is 2.15. The average molecular weight is 445 g/mol. The van der Waals surface area contributed by atoms with E-state index in [2.05, 4.69) is 4.99 Å². The molecule has 3 rings (SSSR count). The fourth-order valence-electron chi connectivity index (χ4n) is 3.23. The molecular formula is C22H24N2O6S. The first kappa shape index (κ1) is 22.4. The molecule has 0 unspecified atom stereocenters. The van der Waals surface area contributed by atoms with Crippen LogP contribution in [0.5, 0.6) is 17.2 Å². The highest BCUT2D eigenvalue weighted by Gasteiger charge is 2.18. The summed E-state index contributed by atoms with van der Waals surface area (Å²) in [6.45, 7) is 3.93. The number of thiazole rings is 1. The summed E-state index contributed by atoms with van der Waals surface area (Å²) in [4.78, 5) is 29.9. The highest BCUT2D eigenvalue weighted by atomic mass is 32.1. The van der Waals surface area contributed by atoms with Gasteiger partial charge in [-0.1, -0.05) is 23.5 Å². The summed E-state index contributed by atoms with van der Waals surface area (Å²) in [6, 6.07) is 8.88. The first-order chi connectivity index (χ1) is 14.9. The standard InChI is InChI=1S/C22H24N2O6S/c1-6-30-18(25)12-24-19-13(2)8-7-9-17(19)31-22(24)23-21(26)14-10-15(27-3)20(29-5)16(11-14)28-4/h7-11H,6,12H2,1-5H3. The molecule has 0 bridgehead atoms. The van der Waals surface area contributed by atoms with E-state index >= 15 is 0 Å². The molecule has 8 nitrogen and oxygen atoms in total. The van der Waals surface area contributed by atoms with Crippen LogP contribution >= 0.6 is 11.3 Å². The quantitative estimate of drug-likeness (QED) is 0.520. The van der Waals surface area contributed by atoms with Gasteiger partial charge in [0.05, 0.1) is 38.2 Å². The van der Waals surface area contributed by atoms with Crippen molar-refractivity contribution >= 4 is 33.4 Å². The lowest BCUT2D eigenvalue weighted by Crippen LogP contribution is -2.23. The van der Waals surface area contributed by atoms with Crippen LogP contribution in [0.2, 0.25) is 0 Å². The molecule has 1 aromatic heterocycles. The number of hydrogen-bond donors (Lipinski definition) is 0. The number of hydrogen-bond acceptors (Lipinski definition) is 7. The summed E-state index contributed by atoms with van der Waals surface area (Å²) in [5.41, 5.74) is 2.09. The number of aromatic nitrogens is 1. The zero-order chi connectivity index (χ0) is 22.5. The maximum absolute atomic E-state index is 13.0. The molecule has 0 spiro atoms. The van der Waals surface area contributed by atoms with Gasteiger partial charge in [-0.3, -0.25) is 9.59 Å². The number of ether oxygens (including phenoxy) is 4. The number of para-hydroxylation sites is 1. The molecule has 0 aliphatic rings. The number of methoxy groups -OCH3 is 3. The second-order valence-corrected chi connectivity index (χ2v) is 7.54. The number of carbonyl (C=O) groups is 2. The fraction of sp³-hybridized carbons (Fsp3) is 0.318.